The molecule has 5 heteroatoms. The quantitative estimate of drug-likeness (QED) is 0.563. The van der Waals surface area contributed by atoms with Crippen LogP contribution in [0.5, 0.6) is 0 Å². The summed E-state index contributed by atoms with van der Waals surface area (Å²) in [7, 11) is 0. The van der Waals surface area contributed by atoms with Crippen molar-refractivity contribution in [3.8, 4) is 0 Å². The highest BCUT2D eigenvalue weighted by Crippen LogP contribution is 2.20. The molecule has 1 aliphatic rings. The van der Waals surface area contributed by atoms with Crippen LogP contribution in [0.25, 0.3) is 0 Å². The van der Waals surface area contributed by atoms with Crippen LogP contribution >= 0.6 is 0 Å². The number of amides is 2. The van der Waals surface area contributed by atoms with Crippen LogP contribution in [-0.4, -0.2) is 34.8 Å². The second kappa shape index (κ2) is 4.92. The summed E-state index contributed by atoms with van der Waals surface area (Å²) in [6.07, 6.45) is 0.0231. The summed E-state index contributed by atoms with van der Waals surface area (Å²) in [6, 6.07) is 0. The molecule has 0 aromatic rings. The van der Waals surface area contributed by atoms with Crippen LogP contribution in [0.3, 0.4) is 0 Å². The molecular weight excluding hydrogens is 234 g/mol. The highest BCUT2D eigenvalue weighted by molar-refractivity contribution is 6.18. The van der Waals surface area contributed by atoms with E-state index in [-0.39, 0.29) is 24.8 Å². The number of hydrogen-bond acceptors (Lipinski definition) is 4. The molecule has 0 bridgehead atoms. The van der Waals surface area contributed by atoms with Gasteiger partial charge in [-0.2, -0.15) is 0 Å². The maximum atomic E-state index is 11.7. The molecule has 0 atom stereocenters. The SMILES string of the molecule is CC1=C(C)C(=O)N(CCC(=O)OC(C)(C)C)C1=O. The molecule has 1 heterocycles. The van der Waals surface area contributed by atoms with Crippen LogP contribution in [0.4, 0.5) is 0 Å². The summed E-state index contributed by atoms with van der Waals surface area (Å²) in [5, 5.41) is 0. The minimum absolute atomic E-state index is 0.0231. The van der Waals surface area contributed by atoms with Crippen molar-refractivity contribution in [3.63, 3.8) is 0 Å². The van der Waals surface area contributed by atoms with E-state index in [0.717, 1.165) is 4.90 Å². The van der Waals surface area contributed by atoms with Gasteiger partial charge in [0.2, 0.25) is 0 Å². The second-order valence-electron chi connectivity index (χ2n) is 5.35. The molecule has 2 amide bonds. The van der Waals surface area contributed by atoms with Gasteiger partial charge in [0, 0.05) is 17.7 Å². The van der Waals surface area contributed by atoms with Crippen molar-refractivity contribution in [1.82, 2.24) is 4.90 Å². The summed E-state index contributed by atoms with van der Waals surface area (Å²) in [4.78, 5) is 36.0. The maximum absolute atomic E-state index is 11.7. The smallest absolute Gasteiger partial charge is 0.308 e. The number of rotatable bonds is 3. The van der Waals surface area contributed by atoms with Crippen LogP contribution in [0, 0.1) is 0 Å². The first kappa shape index (κ1) is 14.4. The van der Waals surface area contributed by atoms with Crippen LogP contribution in [0.1, 0.15) is 41.0 Å². The van der Waals surface area contributed by atoms with Gasteiger partial charge in [-0.25, -0.2) is 0 Å². The molecule has 0 N–H and O–H groups in total. The highest BCUT2D eigenvalue weighted by atomic mass is 16.6. The van der Waals surface area contributed by atoms with Gasteiger partial charge >= 0.3 is 5.97 Å². The molecule has 0 spiro atoms. The average molecular weight is 253 g/mol. The van der Waals surface area contributed by atoms with Gasteiger partial charge < -0.3 is 4.74 Å². The molecule has 0 aliphatic carbocycles. The Morgan fingerprint density at radius 3 is 1.94 bits per heavy atom. The molecule has 0 radical (unpaired) electrons. The van der Waals surface area contributed by atoms with Gasteiger partial charge in [-0.15, -0.1) is 0 Å². The zero-order valence-electron chi connectivity index (χ0n) is 11.5. The lowest BCUT2D eigenvalue weighted by Crippen LogP contribution is -2.34. The Morgan fingerprint density at radius 1 is 1.11 bits per heavy atom. The molecule has 0 aromatic heterocycles. The lowest BCUT2D eigenvalue weighted by molar-refractivity contribution is -0.155. The Morgan fingerprint density at radius 2 is 1.56 bits per heavy atom. The molecule has 0 saturated carbocycles. The summed E-state index contributed by atoms with van der Waals surface area (Å²) < 4.78 is 5.12. The third kappa shape index (κ3) is 3.18. The Kier molecular flexibility index (Phi) is 3.94. The van der Waals surface area contributed by atoms with E-state index in [0.29, 0.717) is 11.1 Å². The minimum Gasteiger partial charge on any atom is -0.460 e. The molecule has 1 rings (SSSR count). The summed E-state index contributed by atoms with van der Waals surface area (Å²) in [5.41, 5.74) is 0.341. The van der Waals surface area contributed by atoms with Gasteiger partial charge in [0.05, 0.1) is 6.42 Å². The third-order valence-corrected chi connectivity index (χ3v) is 2.65. The van der Waals surface area contributed by atoms with Crippen molar-refractivity contribution in [2.24, 2.45) is 0 Å². The highest BCUT2D eigenvalue weighted by Gasteiger charge is 2.33. The van der Waals surface area contributed by atoms with Crippen LogP contribution in [-0.2, 0) is 19.1 Å². The average Bonchev–Trinajstić information content (AvgIpc) is 2.39. The Bertz CT molecular complexity index is 405. The summed E-state index contributed by atoms with van der Waals surface area (Å²) in [5.74, 6) is -1.05. The zero-order chi connectivity index (χ0) is 14.1. The number of carbonyl (C=O) groups excluding carboxylic acids is 3. The Balaban J connectivity index is 2.55. The fourth-order valence-electron chi connectivity index (χ4n) is 1.62. The predicted molar refractivity (Wildman–Crippen MR) is 65.6 cm³/mol. The maximum Gasteiger partial charge on any atom is 0.308 e. The van der Waals surface area contributed by atoms with E-state index in [9.17, 15) is 14.4 Å². The van der Waals surface area contributed by atoms with Gasteiger partial charge in [-0.1, -0.05) is 0 Å². The topological polar surface area (TPSA) is 63.7 Å². The van der Waals surface area contributed by atoms with Gasteiger partial charge in [0.15, 0.2) is 0 Å². The lowest BCUT2D eigenvalue weighted by atomic mass is 10.2. The molecule has 0 saturated heterocycles. The summed E-state index contributed by atoms with van der Waals surface area (Å²) in [6.45, 7) is 8.61. The molecule has 0 fully saturated rings. The largest absolute Gasteiger partial charge is 0.460 e. The van der Waals surface area contributed by atoms with E-state index >= 15 is 0 Å². The van der Waals surface area contributed by atoms with E-state index in [1.807, 2.05) is 0 Å². The summed E-state index contributed by atoms with van der Waals surface area (Å²) >= 11 is 0. The van der Waals surface area contributed by atoms with E-state index in [4.69, 9.17) is 4.74 Å². The van der Waals surface area contributed by atoms with Crippen molar-refractivity contribution >= 4 is 17.8 Å². The first-order valence-corrected chi connectivity index (χ1v) is 5.89. The molecule has 18 heavy (non-hydrogen) atoms. The van der Waals surface area contributed by atoms with Gasteiger partial charge in [0.25, 0.3) is 11.8 Å². The number of nitrogens with zero attached hydrogens (tertiary/aromatic N) is 1. The van der Waals surface area contributed by atoms with E-state index in [1.165, 1.54) is 0 Å². The first-order valence-electron chi connectivity index (χ1n) is 5.89. The fraction of sp³-hybridized carbons (Fsp3) is 0.615. The predicted octanol–water partition coefficient (Wildman–Crippen LogP) is 1.42. The molecule has 0 aromatic carbocycles. The van der Waals surface area contributed by atoms with Gasteiger partial charge in [-0.05, 0) is 34.6 Å². The number of esters is 1. The molecule has 100 valence electrons. The van der Waals surface area contributed by atoms with Crippen molar-refractivity contribution in [3.05, 3.63) is 11.1 Å². The number of carbonyl (C=O) groups is 3. The van der Waals surface area contributed by atoms with Crippen molar-refractivity contribution in [2.45, 2.75) is 46.6 Å². The number of ether oxygens (including phenoxy) is 1. The fourth-order valence-corrected chi connectivity index (χ4v) is 1.62. The third-order valence-electron chi connectivity index (χ3n) is 2.65. The minimum atomic E-state index is -0.555. The Hall–Kier alpha value is -1.65. The molecule has 1 aliphatic heterocycles. The van der Waals surface area contributed by atoms with E-state index in [1.54, 1.807) is 34.6 Å². The zero-order valence-corrected chi connectivity index (χ0v) is 11.5. The Labute approximate surface area is 107 Å². The number of hydrogen-bond donors (Lipinski definition) is 0. The van der Waals surface area contributed by atoms with Gasteiger partial charge in [0.1, 0.15) is 5.60 Å². The van der Waals surface area contributed by atoms with Crippen LogP contribution < -0.4 is 0 Å². The monoisotopic (exact) mass is 253 g/mol. The standard InChI is InChI=1S/C13H19NO4/c1-8-9(2)12(17)14(11(8)16)7-6-10(15)18-13(3,4)5/h6-7H2,1-5H3. The van der Waals surface area contributed by atoms with Crippen molar-refractivity contribution in [1.29, 1.82) is 0 Å². The molecule has 0 unspecified atom stereocenters. The number of imide groups is 1. The molecule has 5 nitrogen and oxygen atoms in total. The normalized spacial score (nSPS) is 16.6. The van der Waals surface area contributed by atoms with E-state index < -0.39 is 11.6 Å². The van der Waals surface area contributed by atoms with Crippen molar-refractivity contribution in [2.75, 3.05) is 6.54 Å². The van der Waals surface area contributed by atoms with Gasteiger partial charge in [-0.3, -0.25) is 19.3 Å². The van der Waals surface area contributed by atoms with Crippen LogP contribution in [0.2, 0.25) is 0 Å². The molecular formula is C13H19NO4. The lowest BCUT2D eigenvalue weighted by Gasteiger charge is -2.20. The second-order valence-corrected chi connectivity index (χ2v) is 5.35. The van der Waals surface area contributed by atoms with Crippen molar-refractivity contribution < 1.29 is 19.1 Å². The van der Waals surface area contributed by atoms with E-state index in [2.05, 4.69) is 0 Å². The van der Waals surface area contributed by atoms with Crippen LogP contribution in [0.15, 0.2) is 11.1 Å². The first-order chi connectivity index (χ1) is 8.13.